The predicted octanol–water partition coefficient (Wildman–Crippen LogP) is 2.78. The van der Waals surface area contributed by atoms with E-state index in [9.17, 15) is 0 Å². The fourth-order valence-corrected chi connectivity index (χ4v) is 2.05. The quantitative estimate of drug-likeness (QED) is 0.691. The monoisotopic (exact) mass is 189 g/mol. The Morgan fingerprint density at radius 3 is 3.00 bits per heavy atom. The highest BCUT2D eigenvalue weighted by Crippen LogP contribution is 2.28. The molecule has 1 aromatic heterocycles. The van der Waals surface area contributed by atoms with Gasteiger partial charge in [-0.1, -0.05) is 0 Å². The molecule has 0 aliphatic rings. The second-order valence-corrected chi connectivity index (χ2v) is 3.57. The van der Waals surface area contributed by atoms with Gasteiger partial charge in [-0.15, -0.1) is 11.3 Å². The van der Waals surface area contributed by atoms with Crippen molar-refractivity contribution in [2.75, 3.05) is 7.11 Å². The van der Waals surface area contributed by atoms with Gasteiger partial charge in [-0.25, -0.2) is 0 Å². The number of fused-ring (bicyclic) bond motifs is 1. The number of thiophene rings is 1. The van der Waals surface area contributed by atoms with Crippen molar-refractivity contribution in [1.82, 2.24) is 0 Å². The van der Waals surface area contributed by atoms with Gasteiger partial charge in [0.2, 0.25) is 0 Å². The third-order valence-electron chi connectivity index (χ3n) is 1.89. The number of nitrogens with zero attached hydrogens (tertiary/aromatic N) is 1. The van der Waals surface area contributed by atoms with E-state index in [0.717, 1.165) is 10.1 Å². The summed E-state index contributed by atoms with van der Waals surface area (Å²) in [4.78, 5) is 0. The summed E-state index contributed by atoms with van der Waals surface area (Å²) < 4.78 is 6.25. The lowest BCUT2D eigenvalue weighted by atomic mass is 10.1. The van der Waals surface area contributed by atoms with Crippen molar-refractivity contribution < 1.29 is 4.74 Å². The fourth-order valence-electron chi connectivity index (χ4n) is 1.25. The number of rotatable bonds is 1. The molecule has 1 aromatic carbocycles. The van der Waals surface area contributed by atoms with E-state index >= 15 is 0 Å². The summed E-state index contributed by atoms with van der Waals surface area (Å²) in [5.74, 6) is 0.650. The molecule has 0 aliphatic carbocycles. The Morgan fingerprint density at radius 2 is 2.31 bits per heavy atom. The van der Waals surface area contributed by atoms with Gasteiger partial charge in [0.25, 0.3) is 0 Å². The molecule has 0 saturated heterocycles. The summed E-state index contributed by atoms with van der Waals surface area (Å²) in [6.45, 7) is 0. The first kappa shape index (κ1) is 8.09. The molecule has 2 aromatic rings. The van der Waals surface area contributed by atoms with Gasteiger partial charge in [-0.2, -0.15) is 5.26 Å². The van der Waals surface area contributed by atoms with Crippen molar-refractivity contribution in [3.05, 3.63) is 29.1 Å². The van der Waals surface area contributed by atoms with Crippen LogP contribution >= 0.6 is 11.3 Å². The normalized spacial score (nSPS) is 9.85. The molecule has 2 nitrogen and oxygen atoms in total. The van der Waals surface area contributed by atoms with Gasteiger partial charge in [0.05, 0.1) is 12.7 Å². The first-order valence-electron chi connectivity index (χ1n) is 3.80. The van der Waals surface area contributed by atoms with E-state index in [2.05, 4.69) is 6.07 Å². The van der Waals surface area contributed by atoms with Gasteiger partial charge in [0, 0.05) is 4.70 Å². The number of hydrogen-bond acceptors (Lipinski definition) is 3. The van der Waals surface area contributed by atoms with E-state index in [1.54, 1.807) is 18.4 Å². The minimum Gasteiger partial charge on any atom is -0.495 e. The van der Waals surface area contributed by atoms with Crippen molar-refractivity contribution in [2.45, 2.75) is 0 Å². The van der Waals surface area contributed by atoms with Crippen LogP contribution in [0.15, 0.2) is 23.6 Å². The average Bonchev–Trinajstić information content (AvgIpc) is 2.62. The molecular formula is C10H7NOS. The molecule has 64 valence electrons. The van der Waals surface area contributed by atoms with Crippen LogP contribution in [0, 0.1) is 11.3 Å². The van der Waals surface area contributed by atoms with Crippen LogP contribution in [0.3, 0.4) is 0 Å². The Bertz CT molecular complexity index is 481. The second-order valence-electron chi connectivity index (χ2n) is 2.62. The minimum absolute atomic E-state index is 0.591. The SMILES string of the molecule is COc1cc2sccc2cc1C#N. The summed E-state index contributed by atoms with van der Waals surface area (Å²) in [7, 11) is 1.58. The van der Waals surface area contributed by atoms with E-state index in [4.69, 9.17) is 10.00 Å². The molecule has 0 aliphatic heterocycles. The zero-order chi connectivity index (χ0) is 9.26. The molecule has 0 amide bonds. The largest absolute Gasteiger partial charge is 0.495 e. The highest BCUT2D eigenvalue weighted by atomic mass is 32.1. The van der Waals surface area contributed by atoms with Crippen LogP contribution < -0.4 is 4.74 Å². The van der Waals surface area contributed by atoms with E-state index in [1.165, 1.54) is 0 Å². The predicted molar refractivity (Wildman–Crippen MR) is 53.1 cm³/mol. The average molecular weight is 189 g/mol. The van der Waals surface area contributed by atoms with Crippen LogP contribution in [0.2, 0.25) is 0 Å². The van der Waals surface area contributed by atoms with Crippen LogP contribution in [-0.2, 0) is 0 Å². The standard InChI is InChI=1S/C10H7NOS/c1-12-9-5-10-7(2-3-13-10)4-8(9)6-11/h2-5H,1H3. The molecule has 13 heavy (non-hydrogen) atoms. The summed E-state index contributed by atoms with van der Waals surface area (Å²) in [5.41, 5.74) is 0.591. The molecule has 0 saturated carbocycles. The first-order valence-corrected chi connectivity index (χ1v) is 4.68. The third-order valence-corrected chi connectivity index (χ3v) is 2.77. The van der Waals surface area contributed by atoms with Crippen molar-refractivity contribution in [1.29, 1.82) is 5.26 Å². The molecule has 0 bridgehead atoms. The van der Waals surface area contributed by atoms with Gasteiger partial charge < -0.3 is 4.74 Å². The van der Waals surface area contributed by atoms with Crippen molar-refractivity contribution in [3.8, 4) is 11.8 Å². The second kappa shape index (κ2) is 3.08. The number of ether oxygens (including phenoxy) is 1. The van der Waals surface area contributed by atoms with Gasteiger partial charge in [-0.05, 0) is 29.0 Å². The number of benzene rings is 1. The van der Waals surface area contributed by atoms with Gasteiger partial charge in [0.15, 0.2) is 0 Å². The highest BCUT2D eigenvalue weighted by molar-refractivity contribution is 7.17. The molecule has 0 atom stereocenters. The smallest absolute Gasteiger partial charge is 0.138 e. The number of methoxy groups -OCH3 is 1. The van der Waals surface area contributed by atoms with E-state index in [1.807, 2.05) is 23.6 Å². The summed E-state index contributed by atoms with van der Waals surface area (Å²) in [6, 6.07) is 7.86. The van der Waals surface area contributed by atoms with Crippen LogP contribution in [0.25, 0.3) is 10.1 Å². The molecule has 0 radical (unpaired) electrons. The Labute approximate surface area is 80.0 Å². The fraction of sp³-hybridized carbons (Fsp3) is 0.100. The van der Waals surface area contributed by atoms with Crippen molar-refractivity contribution in [2.24, 2.45) is 0 Å². The lowest BCUT2D eigenvalue weighted by Crippen LogP contribution is -1.86. The lowest BCUT2D eigenvalue weighted by molar-refractivity contribution is 0.414. The van der Waals surface area contributed by atoms with E-state index in [0.29, 0.717) is 11.3 Å². The lowest BCUT2D eigenvalue weighted by Gasteiger charge is -2.01. The van der Waals surface area contributed by atoms with Gasteiger partial charge in [-0.3, -0.25) is 0 Å². The molecule has 3 heteroatoms. The number of nitriles is 1. The number of hydrogen-bond donors (Lipinski definition) is 0. The summed E-state index contributed by atoms with van der Waals surface area (Å²) in [6.07, 6.45) is 0. The first-order chi connectivity index (χ1) is 6.35. The summed E-state index contributed by atoms with van der Waals surface area (Å²) in [5, 5.41) is 11.9. The molecule has 0 N–H and O–H groups in total. The minimum atomic E-state index is 0.591. The molecule has 1 heterocycles. The van der Waals surface area contributed by atoms with Crippen LogP contribution in [0.4, 0.5) is 0 Å². The molecule has 2 rings (SSSR count). The Hall–Kier alpha value is -1.53. The van der Waals surface area contributed by atoms with Crippen LogP contribution in [0.5, 0.6) is 5.75 Å². The van der Waals surface area contributed by atoms with Gasteiger partial charge >= 0.3 is 0 Å². The Kier molecular flexibility index (Phi) is 1.91. The van der Waals surface area contributed by atoms with E-state index < -0.39 is 0 Å². The molecule has 0 spiro atoms. The van der Waals surface area contributed by atoms with Crippen LogP contribution in [0.1, 0.15) is 5.56 Å². The highest BCUT2D eigenvalue weighted by Gasteiger charge is 2.04. The zero-order valence-corrected chi connectivity index (χ0v) is 7.89. The maximum atomic E-state index is 8.82. The Morgan fingerprint density at radius 1 is 1.46 bits per heavy atom. The molecule has 0 fully saturated rings. The van der Waals surface area contributed by atoms with Crippen molar-refractivity contribution >= 4 is 21.4 Å². The van der Waals surface area contributed by atoms with Crippen LogP contribution in [-0.4, -0.2) is 7.11 Å². The molecular weight excluding hydrogens is 182 g/mol. The summed E-state index contributed by atoms with van der Waals surface area (Å²) >= 11 is 1.65. The third kappa shape index (κ3) is 1.25. The topological polar surface area (TPSA) is 33.0 Å². The zero-order valence-electron chi connectivity index (χ0n) is 7.07. The molecule has 0 unspecified atom stereocenters. The van der Waals surface area contributed by atoms with Gasteiger partial charge in [0.1, 0.15) is 11.8 Å². The van der Waals surface area contributed by atoms with E-state index in [-0.39, 0.29) is 0 Å². The maximum Gasteiger partial charge on any atom is 0.138 e. The van der Waals surface area contributed by atoms with Crippen molar-refractivity contribution in [3.63, 3.8) is 0 Å². The maximum absolute atomic E-state index is 8.82. The Balaban J connectivity index is 2.76.